The van der Waals surface area contributed by atoms with Crippen LogP contribution in [0.5, 0.6) is 0 Å². The predicted molar refractivity (Wildman–Crippen MR) is 87.3 cm³/mol. The highest BCUT2D eigenvalue weighted by Gasteiger charge is 2.52. The van der Waals surface area contributed by atoms with Gasteiger partial charge in [0, 0.05) is 36.8 Å². The van der Waals surface area contributed by atoms with Gasteiger partial charge >= 0.3 is 0 Å². The molecule has 2 saturated carbocycles. The quantitative estimate of drug-likeness (QED) is 0.867. The van der Waals surface area contributed by atoms with Gasteiger partial charge in [0.1, 0.15) is 0 Å². The Hall–Kier alpha value is -0.120. The van der Waals surface area contributed by atoms with Crippen molar-refractivity contribution in [2.75, 3.05) is 19.6 Å². The van der Waals surface area contributed by atoms with Crippen molar-refractivity contribution >= 4 is 0 Å². The Morgan fingerprint density at radius 2 is 1.81 bits per heavy atom. The minimum atomic E-state index is 0.294. The third kappa shape index (κ3) is 2.46. The minimum absolute atomic E-state index is 0.294. The van der Waals surface area contributed by atoms with E-state index in [1.165, 1.54) is 70.9 Å². The Balaban J connectivity index is 1.56. The second-order valence-corrected chi connectivity index (χ2v) is 8.33. The van der Waals surface area contributed by atoms with Crippen LogP contribution in [-0.2, 0) is 0 Å². The van der Waals surface area contributed by atoms with Gasteiger partial charge in [0.05, 0.1) is 0 Å². The average molecular weight is 291 g/mol. The van der Waals surface area contributed by atoms with Gasteiger partial charge in [-0.2, -0.15) is 0 Å². The van der Waals surface area contributed by atoms with E-state index in [0.29, 0.717) is 5.54 Å². The van der Waals surface area contributed by atoms with E-state index in [-0.39, 0.29) is 0 Å². The Bertz CT molecular complexity index is 379. The highest BCUT2D eigenvalue weighted by molar-refractivity contribution is 5.09. The first kappa shape index (κ1) is 14.5. The third-order valence-electron chi connectivity index (χ3n) is 6.97. The first-order chi connectivity index (χ1) is 10.2. The van der Waals surface area contributed by atoms with E-state index in [1.807, 2.05) is 0 Å². The Morgan fingerprint density at radius 3 is 2.57 bits per heavy atom. The standard InChI is InChI=1S/C18H33N3/c1-14-11-18(12-19,13-20(14)16-8-9-16)21-10-4-6-15-5-2-3-7-17(15)21/h14-17H,2-13,19H2,1H3/t14?,15-,17-,18?/m1/s1. The van der Waals surface area contributed by atoms with E-state index < -0.39 is 0 Å². The van der Waals surface area contributed by atoms with Crippen LogP contribution in [0.4, 0.5) is 0 Å². The lowest BCUT2D eigenvalue weighted by Crippen LogP contribution is -2.63. The van der Waals surface area contributed by atoms with Crippen molar-refractivity contribution in [1.29, 1.82) is 0 Å². The predicted octanol–water partition coefficient (Wildman–Crippen LogP) is 2.60. The molecule has 0 aromatic carbocycles. The molecule has 4 atom stereocenters. The first-order valence-electron chi connectivity index (χ1n) is 9.46. The number of hydrogen-bond acceptors (Lipinski definition) is 3. The molecule has 120 valence electrons. The Morgan fingerprint density at radius 1 is 1.05 bits per heavy atom. The molecule has 21 heavy (non-hydrogen) atoms. The van der Waals surface area contributed by atoms with Crippen molar-refractivity contribution in [2.45, 2.75) is 88.4 Å². The molecular formula is C18H33N3. The molecule has 0 amide bonds. The molecule has 4 aliphatic rings. The van der Waals surface area contributed by atoms with Gasteiger partial charge in [-0.15, -0.1) is 0 Å². The third-order valence-corrected chi connectivity index (χ3v) is 6.97. The maximum Gasteiger partial charge on any atom is 0.0476 e. The molecule has 0 bridgehead atoms. The summed E-state index contributed by atoms with van der Waals surface area (Å²) in [5, 5.41) is 0. The van der Waals surface area contributed by atoms with Crippen LogP contribution in [0.2, 0.25) is 0 Å². The summed E-state index contributed by atoms with van der Waals surface area (Å²) < 4.78 is 0. The van der Waals surface area contributed by atoms with Gasteiger partial charge in [-0.05, 0) is 64.3 Å². The Kier molecular flexibility index (Phi) is 3.79. The van der Waals surface area contributed by atoms with Crippen LogP contribution in [0.25, 0.3) is 0 Å². The van der Waals surface area contributed by atoms with E-state index in [4.69, 9.17) is 5.73 Å². The molecule has 2 aliphatic carbocycles. The number of fused-ring (bicyclic) bond motifs is 1. The summed E-state index contributed by atoms with van der Waals surface area (Å²) in [6.07, 6.45) is 12.9. The normalized spacial score (nSPS) is 45.7. The highest BCUT2D eigenvalue weighted by atomic mass is 15.3. The summed E-state index contributed by atoms with van der Waals surface area (Å²) >= 11 is 0. The number of rotatable bonds is 3. The van der Waals surface area contributed by atoms with Crippen molar-refractivity contribution in [3.8, 4) is 0 Å². The van der Waals surface area contributed by atoms with Crippen molar-refractivity contribution in [3.63, 3.8) is 0 Å². The monoisotopic (exact) mass is 291 g/mol. The van der Waals surface area contributed by atoms with Gasteiger partial charge in [0.25, 0.3) is 0 Å². The number of nitrogens with zero attached hydrogens (tertiary/aromatic N) is 2. The number of piperidine rings is 1. The van der Waals surface area contributed by atoms with Crippen LogP contribution in [0.1, 0.15) is 64.7 Å². The zero-order chi connectivity index (χ0) is 14.4. The van der Waals surface area contributed by atoms with Crippen molar-refractivity contribution in [3.05, 3.63) is 0 Å². The molecule has 3 heteroatoms. The molecule has 3 nitrogen and oxygen atoms in total. The summed E-state index contributed by atoms with van der Waals surface area (Å²) in [6, 6.07) is 2.48. The van der Waals surface area contributed by atoms with Gasteiger partial charge < -0.3 is 5.73 Å². The Labute approximate surface area is 130 Å². The average Bonchev–Trinajstić information content (AvgIpc) is 3.30. The molecular weight excluding hydrogens is 258 g/mol. The lowest BCUT2D eigenvalue weighted by Gasteiger charge is -2.52. The fourth-order valence-corrected chi connectivity index (χ4v) is 5.81. The summed E-state index contributed by atoms with van der Waals surface area (Å²) in [5.41, 5.74) is 6.69. The van der Waals surface area contributed by atoms with E-state index in [2.05, 4.69) is 16.7 Å². The first-order valence-corrected chi connectivity index (χ1v) is 9.46. The zero-order valence-corrected chi connectivity index (χ0v) is 13.8. The fourth-order valence-electron chi connectivity index (χ4n) is 5.81. The van der Waals surface area contributed by atoms with Crippen LogP contribution < -0.4 is 5.73 Å². The number of hydrogen-bond donors (Lipinski definition) is 1. The van der Waals surface area contributed by atoms with E-state index >= 15 is 0 Å². The molecule has 2 saturated heterocycles. The smallest absolute Gasteiger partial charge is 0.0476 e. The van der Waals surface area contributed by atoms with Crippen LogP contribution in [-0.4, -0.2) is 53.1 Å². The van der Waals surface area contributed by atoms with Gasteiger partial charge in [-0.25, -0.2) is 0 Å². The molecule has 4 fully saturated rings. The van der Waals surface area contributed by atoms with Gasteiger partial charge in [-0.1, -0.05) is 12.8 Å². The van der Waals surface area contributed by atoms with Crippen LogP contribution in [0.15, 0.2) is 0 Å². The SMILES string of the molecule is CC1CC(CN)(N2CCC[C@H]3CCCC[C@H]32)CN1C1CC1. The molecule has 0 aromatic rings. The topological polar surface area (TPSA) is 32.5 Å². The molecule has 4 rings (SSSR count). The minimum Gasteiger partial charge on any atom is -0.329 e. The van der Waals surface area contributed by atoms with Crippen molar-refractivity contribution in [2.24, 2.45) is 11.7 Å². The number of likely N-dealkylation sites (tertiary alicyclic amines) is 2. The maximum absolute atomic E-state index is 6.40. The summed E-state index contributed by atoms with van der Waals surface area (Å²) in [7, 11) is 0. The molecule has 0 radical (unpaired) electrons. The van der Waals surface area contributed by atoms with Gasteiger partial charge in [0.2, 0.25) is 0 Å². The fraction of sp³-hybridized carbons (Fsp3) is 1.00. The van der Waals surface area contributed by atoms with Gasteiger partial charge in [-0.3, -0.25) is 9.80 Å². The second kappa shape index (κ2) is 5.50. The lowest BCUT2D eigenvalue weighted by atomic mass is 9.75. The molecule has 0 spiro atoms. The zero-order valence-electron chi connectivity index (χ0n) is 13.8. The van der Waals surface area contributed by atoms with Crippen LogP contribution in [0.3, 0.4) is 0 Å². The number of nitrogens with two attached hydrogens (primary N) is 1. The van der Waals surface area contributed by atoms with E-state index in [0.717, 1.165) is 30.6 Å². The highest BCUT2D eigenvalue weighted by Crippen LogP contribution is 2.44. The largest absolute Gasteiger partial charge is 0.329 e. The van der Waals surface area contributed by atoms with Crippen molar-refractivity contribution in [1.82, 2.24) is 9.80 Å². The molecule has 2 N–H and O–H groups in total. The van der Waals surface area contributed by atoms with Crippen LogP contribution >= 0.6 is 0 Å². The van der Waals surface area contributed by atoms with Crippen LogP contribution in [0, 0.1) is 5.92 Å². The summed E-state index contributed by atoms with van der Waals surface area (Å²) in [6.45, 7) is 5.87. The molecule has 2 unspecified atom stereocenters. The molecule has 0 aromatic heterocycles. The van der Waals surface area contributed by atoms with Crippen molar-refractivity contribution < 1.29 is 0 Å². The molecule has 2 heterocycles. The second-order valence-electron chi connectivity index (χ2n) is 8.33. The maximum atomic E-state index is 6.40. The van der Waals surface area contributed by atoms with Gasteiger partial charge in [0.15, 0.2) is 0 Å². The summed E-state index contributed by atoms with van der Waals surface area (Å²) in [4.78, 5) is 5.71. The lowest BCUT2D eigenvalue weighted by molar-refractivity contribution is -0.0215. The summed E-state index contributed by atoms with van der Waals surface area (Å²) in [5.74, 6) is 0.973. The van der Waals surface area contributed by atoms with E-state index in [9.17, 15) is 0 Å². The molecule has 2 aliphatic heterocycles. The van der Waals surface area contributed by atoms with E-state index in [1.54, 1.807) is 0 Å².